The van der Waals surface area contributed by atoms with Crippen LogP contribution in [-0.2, 0) is 20.9 Å². The molecule has 0 bridgehead atoms. The van der Waals surface area contributed by atoms with E-state index in [2.05, 4.69) is 10.1 Å². The Balaban J connectivity index is 2.75. The molecule has 0 spiro atoms. The minimum atomic E-state index is -4.15. The molecule has 1 aromatic carbocycles. The molecule has 0 heterocycles. The zero-order valence-electron chi connectivity index (χ0n) is 15.1. The summed E-state index contributed by atoms with van der Waals surface area (Å²) in [5.41, 5.74) is 0.723. The fourth-order valence-electron chi connectivity index (χ4n) is 2.29. The summed E-state index contributed by atoms with van der Waals surface area (Å²) in [5.74, 6) is -6.11. The SMILES string of the molecule is CCOC(=O)C(F)(F)C(O)C(CC(C)C)NC(=O)OCc1ccccc1. The maximum atomic E-state index is 14.1. The Labute approximate surface area is 151 Å². The molecule has 2 N–H and O–H groups in total. The highest BCUT2D eigenvalue weighted by Gasteiger charge is 2.52. The van der Waals surface area contributed by atoms with Crippen LogP contribution in [0.2, 0.25) is 0 Å². The summed E-state index contributed by atoms with van der Waals surface area (Å²) in [6, 6.07) is 7.43. The highest BCUT2D eigenvalue weighted by molar-refractivity contribution is 5.78. The highest BCUT2D eigenvalue weighted by atomic mass is 19.3. The number of halogens is 2. The van der Waals surface area contributed by atoms with E-state index in [-0.39, 0.29) is 25.6 Å². The first-order chi connectivity index (χ1) is 12.2. The lowest BCUT2D eigenvalue weighted by Crippen LogP contribution is -2.55. The normalized spacial score (nSPS) is 13.8. The number of hydrogen-bond donors (Lipinski definition) is 2. The maximum absolute atomic E-state index is 14.1. The maximum Gasteiger partial charge on any atom is 0.407 e. The topological polar surface area (TPSA) is 84.9 Å². The van der Waals surface area contributed by atoms with Crippen LogP contribution in [0.15, 0.2) is 30.3 Å². The monoisotopic (exact) mass is 373 g/mol. The van der Waals surface area contributed by atoms with E-state index in [0.717, 1.165) is 5.56 Å². The van der Waals surface area contributed by atoms with E-state index in [1.165, 1.54) is 6.92 Å². The Morgan fingerprint density at radius 3 is 2.35 bits per heavy atom. The van der Waals surface area contributed by atoms with Gasteiger partial charge in [0.15, 0.2) is 0 Å². The van der Waals surface area contributed by atoms with Crippen molar-refractivity contribution >= 4 is 12.1 Å². The van der Waals surface area contributed by atoms with E-state index in [1.807, 2.05) is 0 Å². The van der Waals surface area contributed by atoms with E-state index in [0.29, 0.717) is 0 Å². The summed E-state index contributed by atoms with van der Waals surface area (Å²) in [5, 5.41) is 12.2. The number of ether oxygens (including phenoxy) is 2. The number of benzene rings is 1. The number of aliphatic hydroxyl groups excluding tert-OH is 1. The molecule has 0 saturated heterocycles. The van der Waals surface area contributed by atoms with E-state index in [1.54, 1.807) is 44.2 Å². The zero-order chi connectivity index (χ0) is 19.7. The Hall–Kier alpha value is -2.22. The van der Waals surface area contributed by atoms with Crippen LogP contribution < -0.4 is 5.32 Å². The third-order valence-corrected chi connectivity index (χ3v) is 3.54. The van der Waals surface area contributed by atoms with Gasteiger partial charge in [0.1, 0.15) is 12.7 Å². The lowest BCUT2D eigenvalue weighted by Gasteiger charge is -2.29. The average Bonchev–Trinajstić information content (AvgIpc) is 2.59. The molecule has 1 aromatic rings. The van der Waals surface area contributed by atoms with Crippen molar-refractivity contribution in [2.45, 2.75) is 51.9 Å². The van der Waals surface area contributed by atoms with Crippen molar-refractivity contribution in [2.75, 3.05) is 6.61 Å². The van der Waals surface area contributed by atoms with E-state index < -0.39 is 30.1 Å². The third kappa shape index (κ3) is 6.59. The van der Waals surface area contributed by atoms with Crippen LogP contribution in [0.1, 0.15) is 32.8 Å². The average molecular weight is 373 g/mol. The molecule has 0 aliphatic heterocycles. The number of esters is 1. The van der Waals surface area contributed by atoms with Crippen LogP contribution in [0.5, 0.6) is 0 Å². The number of carbonyl (C=O) groups is 2. The minimum Gasteiger partial charge on any atom is -0.461 e. The molecular weight excluding hydrogens is 348 g/mol. The van der Waals surface area contributed by atoms with Crippen LogP contribution in [0, 0.1) is 5.92 Å². The molecule has 1 rings (SSSR count). The van der Waals surface area contributed by atoms with E-state index in [9.17, 15) is 23.5 Å². The van der Waals surface area contributed by atoms with Gasteiger partial charge in [-0.05, 0) is 24.8 Å². The Morgan fingerprint density at radius 2 is 1.81 bits per heavy atom. The van der Waals surface area contributed by atoms with Crippen LogP contribution >= 0.6 is 0 Å². The number of hydrogen-bond acceptors (Lipinski definition) is 5. The highest BCUT2D eigenvalue weighted by Crippen LogP contribution is 2.26. The van der Waals surface area contributed by atoms with Gasteiger partial charge in [-0.2, -0.15) is 8.78 Å². The van der Waals surface area contributed by atoms with Crippen LogP contribution in [0.4, 0.5) is 13.6 Å². The molecule has 0 aliphatic carbocycles. The second-order valence-corrected chi connectivity index (χ2v) is 6.23. The van der Waals surface area contributed by atoms with Crippen LogP contribution in [0.3, 0.4) is 0 Å². The molecule has 1 amide bonds. The fourth-order valence-corrected chi connectivity index (χ4v) is 2.29. The summed E-state index contributed by atoms with van der Waals surface area (Å²) in [6.07, 6.45) is -3.37. The molecule has 2 atom stereocenters. The first-order valence-electron chi connectivity index (χ1n) is 8.38. The van der Waals surface area contributed by atoms with Crippen molar-refractivity contribution in [3.63, 3.8) is 0 Å². The van der Waals surface area contributed by atoms with Crippen molar-refractivity contribution in [1.82, 2.24) is 5.32 Å². The number of nitrogens with one attached hydrogen (secondary N) is 1. The number of rotatable bonds is 9. The third-order valence-electron chi connectivity index (χ3n) is 3.54. The lowest BCUT2D eigenvalue weighted by molar-refractivity contribution is -0.191. The van der Waals surface area contributed by atoms with Gasteiger partial charge in [0, 0.05) is 0 Å². The zero-order valence-corrected chi connectivity index (χ0v) is 15.1. The second-order valence-electron chi connectivity index (χ2n) is 6.23. The number of aliphatic hydroxyl groups is 1. The number of carbonyl (C=O) groups excluding carboxylic acids is 2. The van der Waals surface area contributed by atoms with Crippen molar-refractivity contribution in [3.8, 4) is 0 Å². The van der Waals surface area contributed by atoms with Crippen molar-refractivity contribution in [2.24, 2.45) is 5.92 Å². The van der Waals surface area contributed by atoms with E-state index in [4.69, 9.17) is 4.74 Å². The molecule has 26 heavy (non-hydrogen) atoms. The first kappa shape index (κ1) is 21.8. The van der Waals surface area contributed by atoms with Gasteiger partial charge < -0.3 is 19.9 Å². The number of amides is 1. The standard InChI is InChI=1S/C18H25F2NO5/c1-4-25-16(23)18(19,20)15(22)14(10-12(2)3)21-17(24)26-11-13-8-6-5-7-9-13/h5-9,12,14-15,22H,4,10-11H2,1-3H3,(H,21,24). The van der Waals surface area contributed by atoms with Crippen molar-refractivity contribution in [1.29, 1.82) is 0 Å². The summed E-state index contributed by atoms with van der Waals surface area (Å²) in [7, 11) is 0. The predicted molar refractivity (Wildman–Crippen MR) is 90.6 cm³/mol. The summed E-state index contributed by atoms with van der Waals surface area (Å²) >= 11 is 0. The molecule has 6 nitrogen and oxygen atoms in total. The molecule has 0 radical (unpaired) electrons. The molecule has 0 aromatic heterocycles. The summed E-state index contributed by atoms with van der Waals surface area (Å²) < 4.78 is 37.5. The number of alkyl carbamates (subject to hydrolysis) is 1. The van der Waals surface area contributed by atoms with Gasteiger partial charge in [0.05, 0.1) is 12.6 Å². The minimum absolute atomic E-state index is 0.0244. The van der Waals surface area contributed by atoms with Gasteiger partial charge in [-0.3, -0.25) is 0 Å². The van der Waals surface area contributed by atoms with Crippen molar-refractivity contribution < 1.29 is 33.0 Å². The number of alkyl halides is 2. The Bertz CT molecular complexity index is 580. The largest absolute Gasteiger partial charge is 0.461 e. The summed E-state index contributed by atoms with van der Waals surface area (Å²) in [6.45, 7) is 4.55. The predicted octanol–water partition coefficient (Wildman–Crippen LogP) is 2.89. The Morgan fingerprint density at radius 1 is 1.19 bits per heavy atom. The molecule has 8 heteroatoms. The smallest absolute Gasteiger partial charge is 0.407 e. The van der Waals surface area contributed by atoms with Crippen LogP contribution in [-0.4, -0.2) is 41.8 Å². The van der Waals surface area contributed by atoms with Crippen molar-refractivity contribution in [3.05, 3.63) is 35.9 Å². The van der Waals surface area contributed by atoms with E-state index >= 15 is 0 Å². The van der Waals surface area contributed by atoms with Gasteiger partial charge in [0.25, 0.3) is 0 Å². The quantitative estimate of drug-likeness (QED) is 0.650. The van der Waals surface area contributed by atoms with Gasteiger partial charge >= 0.3 is 18.0 Å². The molecular formula is C18H25F2NO5. The fraction of sp³-hybridized carbons (Fsp3) is 0.556. The molecule has 146 valence electrons. The Kier molecular flexibility index (Phi) is 8.44. The van der Waals surface area contributed by atoms with Crippen LogP contribution in [0.25, 0.3) is 0 Å². The molecule has 0 fully saturated rings. The first-order valence-corrected chi connectivity index (χ1v) is 8.38. The van der Waals surface area contributed by atoms with Gasteiger partial charge in [0.2, 0.25) is 0 Å². The van der Waals surface area contributed by atoms with Gasteiger partial charge in [-0.1, -0.05) is 44.2 Å². The molecule has 0 saturated carbocycles. The van der Waals surface area contributed by atoms with Gasteiger partial charge in [-0.15, -0.1) is 0 Å². The molecule has 0 aliphatic rings. The molecule has 2 unspecified atom stereocenters. The second kappa shape index (κ2) is 10.1. The summed E-state index contributed by atoms with van der Waals surface area (Å²) in [4.78, 5) is 23.3. The lowest BCUT2D eigenvalue weighted by atomic mass is 9.95. The van der Waals surface area contributed by atoms with Gasteiger partial charge in [-0.25, -0.2) is 9.59 Å².